The number of piperidine rings is 1. The number of amides is 1. The Bertz CT molecular complexity index is 689. The zero-order valence-electron chi connectivity index (χ0n) is 19.1. The van der Waals surface area contributed by atoms with E-state index in [1.54, 1.807) is 0 Å². The second-order valence-corrected chi connectivity index (χ2v) is 9.14. The molecule has 1 aliphatic rings. The van der Waals surface area contributed by atoms with Crippen molar-refractivity contribution in [3.05, 3.63) is 29.8 Å². The molecule has 1 heterocycles. The van der Waals surface area contributed by atoms with E-state index in [9.17, 15) is 4.79 Å². The maximum Gasteiger partial charge on any atom is 0.217 e. The number of aliphatic imine (C=N–C) groups is 1. The van der Waals surface area contributed by atoms with Gasteiger partial charge in [0.05, 0.1) is 6.61 Å². The summed E-state index contributed by atoms with van der Waals surface area (Å²) in [7, 11) is 1.81. The number of nitrogens with one attached hydrogen (secondary N) is 1. The van der Waals surface area contributed by atoms with E-state index in [0.29, 0.717) is 18.3 Å². The van der Waals surface area contributed by atoms with Gasteiger partial charge in [-0.1, -0.05) is 39.8 Å². The van der Waals surface area contributed by atoms with Crippen molar-refractivity contribution < 1.29 is 9.53 Å². The van der Waals surface area contributed by atoms with Gasteiger partial charge in [-0.2, -0.15) is 0 Å². The van der Waals surface area contributed by atoms with E-state index >= 15 is 0 Å². The number of halogens is 1. The molecule has 7 heteroatoms. The van der Waals surface area contributed by atoms with Crippen LogP contribution in [-0.2, 0) is 10.2 Å². The third-order valence-electron chi connectivity index (χ3n) is 5.43. The van der Waals surface area contributed by atoms with Gasteiger partial charge in [0, 0.05) is 38.5 Å². The summed E-state index contributed by atoms with van der Waals surface area (Å²) in [5, 5.41) is 3.53. The third-order valence-corrected chi connectivity index (χ3v) is 5.43. The van der Waals surface area contributed by atoms with Crippen LogP contribution in [0.1, 0.15) is 52.5 Å². The smallest absolute Gasteiger partial charge is 0.217 e. The Balaban J connectivity index is 0.00000450. The van der Waals surface area contributed by atoms with Gasteiger partial charge in [-0.15, -0.1) is 24.0 Å². The number of hydrogen-bond acceptors (Lipinski definition) is 3. The first-order valence-electron chi connectivity index (χ1n) is 10.7. The Kier molecular flexibility index (Phi) is 10.9. The fourth-order valence-electron chi connectivity index (χ4n) is 3.71. The molecule has 1 amide bonds. The average molecular weight is 530 g/mol. The molecule has 1 unspecified atom stereocenters. The number of benzene rings is 1. The Hall–Kier alpha value is -1.51. The van der Waals surface area contributed by atoms with Crippen molar-refractivity contribution in [1.29, 1.82) is 0 Å². The number of hydrogen-bond donors (Lipinski definition) is 2. The summed E-state index contributed by atoms with van der Waals surface area (Å²) in [5.74, 6) is 2.41. The summed E-state index contributed by atoms with van der Waals surface area (Å²) in [6.45, 7) is 12.0. The predicted molar refractivity (Wildman–Crippen MR) is 135 cm³/mol. The Morgan fingerprint density at radius 3 is 2.57 bits per heavy atom. The van der Waals surface area contributed by atoms with Gasteiger partial charge in [-0.25, -0.2) is 0 Å². The maximum absolute atomic E-state index is 11.3. The molecule has 1 saturated heterocycles. The summed E-state index contributed by atoms with van der Waals surface area (Å²) in [6.07, 6.45) is 2.55. The second-order valence-electron chi connectivity index (χ2n) is 9.14. The zero-order chi connectivity index (χ0) is 21.4. The highest BCUT2D eigenvalue weighted by molar-refractivity contribution is 14.0. The number of nitrogens with zero attached hydrogens (tertiary/aromatic N) is 2. The van der Waals surface area contributed by atoms with Crippen LogP contribution in [0.25, 0.3) is 0 Å². The number of ether oxygens (including phenoxy) is 1. The molecule has 0 saturated carbocycles. The van der Waals surface area contributed by atoms with Crippen molar-refractivity contribution in [3.63, 3.8) is 0 Å². The number of likely N-dealkylation sites (tertiary alicyclic amines) is 1. The minimum absolute atomic E-state index is 0. The van der Waals surface area contributed by atoms with Crippen LogP contribution >= 0.6 is 24.0 Å². The van der Waals surface area contributed by atoms with Crippen molar-refractivity contribution >= 4 is 35.8 Å². The highest BCUT2D eigenvalue weighted by atomic mass is 127. The van der Waals surface area contributed by atoms with Crippen molar-refractivity contribution in [2.24, 2.45) is 22.6 Å². The lowest BCUT2D eigenvalue weighted by molar-refractivity contribution is -0.119. The molecule has 0 bridgehead atoms. The highest BCUT2D eigenvalue weighted by Crippen LogP contribution is 2.25. The molecule has 0 aromatic heterocycles. The van der Waals surface area contributed by atoms with E-state index < -0.39 is 0 Å². The van der Waals surface area contributed by atoms with Gasteiger partial charge in [0.25, 0.3) is 0 Å². The topological polar surface area (TPSA) is 80.0 Å². The van der Waals surface area contributed by atoms with E-state index in [1.165, 1.54) is 5.56 Å². The first-order chi connectivity index (χ1) is 13.7. The van der Waals surface area contributed by atoms with Gasteiger partial charge in [-0.05, 0) is 42.4 Å². The van der Waals surface area contributed by atoms with Gasteiger partial charge in [0.1, 0.15) is 5.75 Å². The lowest BCUT2D eigenvalue weighted by atomic mass is 9.84. The minimum Gasteiger partial charge on any atom is -0.493 e. The summed E-state index contributed by atoms with van der Waals surface area (Å²) >= 11 is 0. The molecule has 6 nitrogen and oxygen atoms in total. The fourth-order valence-corrected chi connectivity index (χ4v) is 3.71. The minimum atomic E-state index is -0.221. The Labute approximate surface area is 199 Å². The van der Waals surface area contributed by atoms with E-state index in [0.717, 1.165) is 50.8 Å². The molecule has 1 atom stereocenters. The van der Waals surface area contributed by atoms with Crippen LogP contribution in [0, 0.1) is 11.8 Å². The van der Waals surface area contributed by atoms with Gasteiger partial charge < -0.3 is 20.7 Å². The van der Waals surface area contributed by atoms with Crippen molar-refractivity contribution in [3.8, 4) is 5.75 Å². The molecule has 30 heavy (non-hydrogen) atoms. The van der Waals surface area contributed by atoms with E-state index in [4.69, 9.17) is 10.5 Å². The number of guanidine groups is 1. The summed E-state index contributed by atoms with van der Waals surface area (Å²) in [6, 6.07) is 8.38. The monoisotopic (exact) mass is 530 g/mol. The number of primary amides is 1. The van der Waals surface area contributed by atoms with Crippen LogP contribution in [0.3, 0.4) is 0 Å². The van der Waals surface area contributed by atoms with Crippen LogP contribution in [0.2, 0.25) is 0 Å². The first kappa shape index (κ1) is 26.5. The quantitative estimate of drug-likeness (QED) is 0.305. The van der Waals surface area contributed by atoms with Crippen molar-refractivity contribution in [2.45, 2.75) is 52.4 Å². The van der Waals surface area contributed by atoms with Gasteiger partial charge in [0.2, 0.25) is 5.91 Å². The molecule has 170 valence electrons. The van der Waals surface area contributed by atoms with Crippen LogP contribution < -0.4 is 15.8 Å². The molecular formula is C23H39IN4O2. The van der Waals surface area contributed by atoms with Gasteiger partial charge in [0.15, 0.2) is 5.96 Å². The van der Waals surface area contributed by atoms with Crippen LogP contribution in [-0.4, -0.2) is 50.1 Å². The number of rotatable bonds is 8. The number of carbonyl (C=O) groups is 1. The second kappa shape index (κ2) is 12.4. The SMILES string of the molecule is CN=C(NCC(C)(C)c1ccc(OCC(C)C)cc1)N1CCCC(CC(N)=O)C1.I. The average Bonchev–Trinajstić information content (AvgIpc) is 2.67. The van der Waals surface area contributed by atoms with E-state index in [-0.39, 0.29) is 35.3 Å². The molecule has 1 aromatic rings. The Morgan fingerprint density at radius 2 is 2.00 bits per heavy atom. The molecule has 1 aliphatic heterocycles. The normalized spacial score (nSPS) is 17.5. The molecule has 1 fully saturated rings. The molecule has 3 N–H and O–H groups in total. The van der Waals surface area contributed by atoms with E-state index in [1.807, 2.05) is 19.2 Å². The fraction of sp³-hybridized carbons (Fsp3) is 0.652. The zero-order valence-corrected chi connectivity index (χ0v) is 21.4. The molecular weight excluding hydrogens is 491 g/mol. The summed E-state index contributed by atoms with van der Waals surface area (Å²) in [4.78, 5) is 18.0. The standard InChI is InChI=1S/C23H38N4O2.HI/c1-17(2)15-29-20-10-8-19(9-11-20)23(3,4)16-26-22(25-5)27-12-6-7-18(14-27)13-21(24)28;/h8-11,17-18H,6-7,12-16H2,1-5H3,(H2,24,28)(H,25,26);1H. The molecule has 0 spiro atoms. The van der Waals surface area contributed by atoms with Gasteiger partial charge in [-0.3, -0.25) is 9.79 Å². The predicted octanol–water partition coefficient (Wildman–Crippen LogP) is 3.78. The highest BCUT2D eigenvalue weighted by Gasteiger charge is 2.26. The van der Waals surface area contributed by atoms with Crippen LogP contribution in [0.5, 0.6) is 5.75 Å². The largest absolute Gasteiger partial charge is 0.493 e. The molecule has 0 radical (unpaired) electrons. The lowest BCUT2D eigenvalue weighted by Gasteiger charge is -2.36. The third kappa shape index (κ3) is 8.32. The summed E-state index contributed by atoms with van der Waals surface area (Å²) < 4.78 is 5.79. The van der Waals surface area contributed by atoms with Gasteiger partial charge >= 0.3 is 0 Å². The van der Waals surface area contributed by atoms with E-state index in [2.05, 4.69) is 55.0 Å². The molecule has 2 rings (SSSR count). The molecule has 0 aliphatic carbocycles. The first-order valence-corrected chi connectivity index (χ1v) is 10.7. The van der Waals surface area contributed by atoms with Crippen molar-refractivity contribution in [1.82, 2.24) is 10.2 Å². The Morgan fingerprint density at radius 1 is 1.33 bits per heavy atom. The molecule has 1 aromatic carbocycles. The van der Waals surface area contributed by atoms with Crippen LogP contribution in [0.15, 0.2) is 29.3 Å². The maximum atomic E-state index is 11.3. The summed E-state index contributed by atoms with van der Waals surface area (Å²) in [5.41, 5.74) is 6.58. The van der Waals surface area contributed by atoms with Crippen molar-refractivity contribution in [2.75, 3.05) is 33.3 Å². The lowest BCUT2D eigenvalue weighted by Crippen LogP contribution is -2.49. The number of carbonyl (C=O) groups excluding carboxylic acids is 1. The number of nitrogens with two attached hydrogens (primary N) is 1. The van der Waals surface area contributed by atoms with Crippen LogP contribution in [0.4, 0.5) is 0 Å².